The number of aromatic amines is 1. The van der Waals surface area contributed by atoms with Crippen molar-refractivity contribution in [3.8, 4) is 17.2 Å². The molecule has 5 rings (SSSR count). The number of ether oxygens (including phenoxy) is 1. The summed E-state index contributed by atoms with van der Waals surface area (Å²) in [5.74, 6) is 1.54. The van der Waals surface area contributed by atoms with Gasteiger partial charge in [-0.1, -0.05) is 5.10 Å². The van der Waals surface area contributed by atoms with Crippen molar-refractivity contribution in [3.63, 3.8) is 0 Å². The first kappa shape index (κ1) is 20.3. The van der Waals surface area contributed by atoms with E-state index in [-0.39, 0.29) is 23.3 Å². The van der Waals surface area contributed by atoms with Crippen molar-refractivity contribution in [2.24, 2.45) is 0 Å². The van der Waals surface area contributed by atoms with E-state index in [2.05, 4.69) is 25.9 Å². The summed E-state index contributed by atoms with van der Waals surface area (Å²) in [4.78, 5) is 14.7. The summed E-state index contributed by atoms with van der Waals surface area (Å²) < 4.78 is 6.31. The number of aryl methyl sites for hydroxylation is 1. The van der Waals surface area contributed by atoms with Crippen molar-refractivity contribution in [1.82, 2.24) is 25.5 Å². The molecule has 1 aromatic heterocycles. The third-order valence-electron chi connectivity index (χ3n) is 6.49. The van der Waals surface area contributed by atoms with E-state index in [4.69, 9.17) is 4.74 Å². The average molecular weight is 435 g/mol. The van der Waals surface area contributed by atoms with Gasteiger partial charge in [0.1, 0.15) is 17.2 Å². The zero-order valence-electron chi connectivity index (χ0n) is 18.2. The van der Waals surface area contributed by atoms with Crippen LogP contribution in [0.2, 0.25) is 0 Å². The summed E-state index contributed by atoms with van der Waals surface area (Å²) in [5, 5.41) is 27.6. The number of rotatable bonds is 6. The van der Waals surface area contributed by atoms with Gasteiger partial charge in [0.15, 0.2) is 0 Å². The average Bonchev–Trinajstić information content (AvgIpc) is 3.42. The molecule has 1 fully saturated rings. The minimum absolute atomic E-state index is 0.0323. The van der Waals surface area contributed by atoms with Gasteiger partial charge in [-0.15, -0.1) is 5.10 Å². The number of aromatic hydroxyl groups is 1. The number of carbonyl (C=O) groups excluding carboxylic acids is 1. The molecule has 32 heavy (non-hydrogen) atoms. The molecule has 1 heterocycles. The van der Waals surface area contributed by atoms with Crippen LogP contribution in [0.1, 0.15) is 52.7 Å². The molecule has 0 spiro atoms. The van der Waals surface area contributed by atoms with Gasteiger partial charge in [0, 0.05) is 24.3 Å². The molecule has 1 amide bonds. The van der Waals surface area contributed by atoms with Crippen molar-refractivity contribution in [3.05, 3.63) is 46.5 Å². The Kier molecular flexibility index (Phi) is 5.16. The highest BCUT2D eigenvalue weighted by atomic mass is 16.5. The van der Waals surface area contributed by atoms with E-state index >= 15 is 0 Å². The first-order chi connectivity index (χ1) is 15.5. The lowest BCUT2D eigenvalue weighted by atomic mass is 9.91. The molecule has 0 unspecified atom stereocenters. The third kappa shape index (κ3) is 3.63. The predicted molar refractivity (Wildman–Crippen MR) is 119 cm³/mol. The van der Waals surface area contributed by atoms with E-state index < -0.39 is 0 Å². The van der Waals surface area contributed by atoms with E-state index in [9.17, 15) is 9.90 Å². The Bertz CT molecular complexity index is 1160. The fraction of sp³-hybridized carbons (Fsp3) is 0.391. The maximum Gasteiger partial charge on any atom is 0.267 e. The molecule has 2 aliphatic rings. The number of anilines is 2. The number of amides is 1. The number of phenolic OH excluding ortho intramolecular Hbond substituents is 1. The van der Waals surface area contributed by atoms with Crippen LogP contribution >= 0.6 is 0 Å². The lowest BCUT2D eigenvalue weighted by Gasteiger charge is -2.34. The lowest BCUT2D eigenvalue weighted by Crippen LogP contribution is -2.41. The van der Waals surface area contributed by atoms with Crippen molar-refractivity contribution in [2.45, 2.75) is 51.5 Å². The molecular weight excluding hydrogens is 408 g/mol. The van der Waals surface area contributed by atoms with Gasteiger partial charge < -0.3 is 20.1 Å². The molecule has 3 aromatic rings. The monoisotopic (exact) mass is 434 g/mol. The molecule has 9 heteroatoms. The summed E-state index contributed by atoms with van der Waals surface area (Å²) in [6.45, 7) is 1.99. The number of phenols is 1. The van der Waals surface area contributed by atoms with Gasteiger partial charge in [0.25, 0.3) is 11.9 Å². The largest absolute Gasteiger partial charge is 0.507 e. The highest BCUT2D eigenvalue weighted by Crippen LogP contribution is 2.42. The third-order valence-corrected chi connectivity index (χ3v) is 6.49. The molecule has 0 saturated heterocycles. The summed E-state index contributed by atoms with van der Waals surface area (Å²) >= 11 is 0. The molecule has 3 N–H and O–H groups in total. The van der Waals surface area contributed by atoms with Crippen LogP contribution in [-0.4, -0.2) is 49.6 Å². The molecule has 9 nitrogen and oxygen atoms in total. The van der Waals surface area contributed by atoms with Crippen LogP contribution in [0.15, 0.2) is 24.3 Å². The van der Waals surface area contributed by atoms with Gasteiger partial charge in [-0.05, 0) is 86.1 Å². The van der Waals surface area contributed by atoms with E-state index in [0.29, 0.717) is 11.7 Å². The molecule has 1 saturated carbocycles. The maximum atomic E-state index is 12.9. The van der Waals surface area contributed by atoms with Crippen molar-refractivity contribution in [1.29, 1.82) is 0 Å². The number of fused-ring (bicyclic) bond motifs is 1. The van der Waals surface area contributed by atoms with E-state index in [1.807, 2.05) is 13.0 Å². The minimum Gasteiger partial charge on any atom is -0.507 e. The number of hydrogen-bond donors (Lipinski definition) is 3. The summed E-state index contributed by atoms with van der Waals surface area (Å²) in [5.41, 5.74) is 4.50. The molecule has 2 aliphatic carbocycles. The lowest BCUT2D eigenvalue weighted by molar-refractivity contribution is 0.0648. The Labute approximate surface area is 185 Å². The Balaban J connectivity index is 1.44. The number of aromatic nitrogens is 4. The van der Waals surface area contributed by atoms with Crippen LogP contribution in [0.4, 0.5) is 11.6 Å². The number of carbonyl (C=O) groups is 1. The summed E-state index contributed by atoms with van der Waals surface area (Å²) in [7, 11) is 1.80. The second-order valence-electron chi connectivity index (χ2n) is 8.52. The fourth-order valence-electron chi connectivity index (χ4n) is 4.49. The van der Waals surface area contributed by atoms with Gasteiger partial charge in [0.05, 0.1) is 5.56 Å². The molecule has 166 valence electrons. The standard InChI is InChI=1S/C23H26N6O3/c1-13-11-19(24-23-25-27-28-26-23)16-7-4-8-17(16)21(13)32-15-9-10-20(30)18(12-15)22(31)29(2)14-5-3-6-14/h9-12,14,30H,3-8H2,1-2H3,(H2,24,25,26,27,28). The minimum atomic E-state index is -0.181. The van der Waals surface area contributed by atoms with Crippen molar-refractivity contribution >= 4 is 17.5 Å². The highest BCUT2D eigenvalue weighted by Gasteiger charge is 2.28. The number of nitrogens with zero attached hydrogens (tertiary/aromatic N) is 4. The van der Waals surface area contributed by atoms with Crippen molar-refractivity contribution < 1.29 is 14.6 Å². The van der Waals surface area contributed by atoms with Gasteiger partial charge >= 0.3 is 0 Å². The van der Waals surface area contributed by atoms with E-state index in [1.165, 1.54) is 11.6 Å². The number of nitrogens with one attached hydrogen (secondary N) is 2. The zero-order valence-corrected chi connectivity index (χ0v) is 18.2. The molecule has 0 atom stereocenters. The first-order valence-electron chi connectivity index (χ1n) is 10.9. The van der Waals surface area contributed by atoms with Gasteiger partial charge in [-0.25, -0.2) is 0 Å². The predicted octanol–water partition coefficient (Wildman–Crippen LogP) is 3.86. The van der Waals surface area contributed by atoms with Crippen LogP contribution in [0.3, 0.4) is 0 Å². The number of hydrogen-bond acceptors (Lipinski definition) is 7. The fourth-order valence-corrected chi connectivity index (χ4v) is 4.49. The Morgan fingerprint density at radius 1 is 1.22 bits per heavy atom. The van der Waals surface area contributed by atoms with Gasteiger partial charge in [0.2, 0.25) is 0 Å². The second kappa shape index (κ2) is 8.14. The molecule has 0 aliphatic heterocycles. The van der Waals surface area contributed by atoms with Crippen LogP contribution in [-0.2, 0) is 12.8 Å². The normalized spacial score (nSPS) is 15.2. The maximum absolute atomic E-state index is 12.9. The van der Waals surface area contributed by atoms with Crippen molar-refractivity contribution in [2.75, 3.05) is 12.4 Å². The molecule has 2 aromatic carbocycles. The summed E-state index contributed by atoms with van der Waals surface area (Å²) in [6, 6.07) is 7.13. The van der Waals surface area contributed by atoms with E-state index in [1.54, 1.807) is 24.1 Å². The Morgan fingerprint density at radius 2 is 2.03 bits per heavy atom. The second-order valence-corrected chi connectivity index (χ2v) is 8.52. The number of tetrazole rings is 1. The van der Waals surface area contributed by atoms with Crippen LogP contribution in [0, 0.1) is 6.92 Å². The zero-order chi connectivity index (χ0) is 22.2. The number of H-pyrrole nitrogens is 1. The topological polar surface area (TPSA) is 116 Å². The quantitative estimate of drug-likeness (QED) is 0.539. The Morgan fingerprint density at radius 3 is 2.75 bits per heavy atom. The first-order valence-corrected chi connectivity index (χ1v) is 10.9. The van der Waals surface area contributed by atoms with E-state index in [0.717, 1.165) is 61.1 Å². The smallest absolute Gasteiger partial charge is 0.267 e. The van der Waals surface area contributed by atoms with Crippen LogP contribution in [0.25, 0.3) is 0 Å². The van der Waals surface area contributed by atoms with Gasteiger partial charge in [-0.2, -0.15) is 5.21 Å². The Hall–Kier alpha value is -3.62. The molecule has 0 bridgehead atoms. The summed E-state index contributed by atoms with van der Waals surface area (Å²) in [6.07, 6.45) is 6.02. The van der Waals surface area contributed by atoms with Crippen LogP contribution in [0.5, 0.6) is 17.2 Å². The van der Waals surface area contributed by atoms with Gasteiger partial charge in [-0.3, -0.25) is 4.79 Å². The molecule has 0 radical (unpaired) electrons. The molecular formula is C23H26N6O3. The SMILES string of the molecule is Cc1cc(Nc2nn[nH]n2)c2c(c1Oc1ccc(O)c(C(=O)N(C)C3CCC3)c1)CCC2. The van der Waals surface area contributed by atoms with Crippen LogP contribution < -0.4 is 10.1 Å². The number of benzene rings is 2. The highest BCUT2D eigenvalue weighted by molar-refractivity contribution is 5.97.